The van der Waals surface area contributed by atoms with Gasteiger partial charge in [-0.15, -0.1) is 0 Å². The van der Waals surface area contributed by atoms with Crippen LogP contribution in [0, 0.1) is 0 Å². The smallest absolute Gasteiger partial charge is 0.137 e. The van der Waals surface area contributed by atoms with Crippen LogP contribution < -0.4 is 0 Å². The van der Waals surface area contributed by atoms with Crippen molar-refractivity contribution in [3.05, 3.63) is 65.5 Å². The van der Waals surface area contributed by atoms with Gasteiger partial charge in [-0.05, 0) is 43.1 Å². The zero-order valence-electron chi connectivity index (χ0n) is 15.8. The Morgan fingerprint density at radius 2 is 1.96 bits per heavy atom. The fourth-order valence-electron chi connectivity index (χ4n) is 4.01. The summed E-state index contributed by atoms with van der Waals surface area (Å²) in [6, 6.07) is 14.0. The number of pyridine rings is 1. The highest BCUT2D eigenvalue weighted by molar-refractivity contribution is 5.81. The summed E-state index contributed by atoms with van der Waals surface area (Å²) in [5, 5.41) is 11.8. The molecule has 5 heteroatoms. The molecule has 1 aliphatic rings. The van der Waals surface area contributed by atoms with E-state index in [-0.39, 0.29) is 0 Å². The Kier molecular flexibility index (Phi) is 5.53. The van der Waals surface area contributed by atoms with Gasteiger partial charge in [0, 0.05) is 49.5 Å². The number of H-pyrrole nitrogens is 1. The van der Waals surface area contributed by atoms with Crippen LogP contribution in [0.2, 0.25) is 0 Å². The molecular formula is C22H27N3O2. The van der Waals surface area contributed by atoms with Gasteiger partial charge in [-0.3, -0.25) is 4.90 Å². The number of benzene rings is 1. The molecule has 1 saturated heterocycles. The zero-order chi connectivity index (χ0) is 18.6. The van der Waals surface area contributed by atoms with Gasteiger partial charge in [0.25, 0.3) is 0 Å². The summed E-state index contributed by atoms with van der Waals surface area (Å²) in [5.41, 5.74) is 4.49. The second-order valence-corrected chi connectivity index (χ2v) is 7.43. The van der Waals surface area contributed by atoms with Crippen molar-refractivity contribution in [3.63, 3.8) is 0 Å². The monoisotopic (exact) mass is 365 g/mol. The molecule has 1 atom stereocenters. The Morgan fingerprint density at radius 1 is 1.19 bits per heavy atom. The fraction of sp³-hybridized carbons (Fsp3) is 0.409. The SMILES string of the molecule is CN(Cc1c(C2CCOCC2)[nH]c2ncccc12)C[C@@H](O)c1ccccc1. The van der Waals surface area contributed by atoms with Crippen LogP contribution in [0.5, 0.6) is 0 Å². The molecule has 27 heavy (non-hydrogen) atoms. The molecule has 0 radical (unpaired) electrons. The molecule has 0 unspecified atom stereocenters. The molecule has 0 amide bonds. The van der Waals surface area contributed by atoms with Gasteiger partial charge in [-0.2, -0.15) is 0 Å². The number of aromatic amines is 1. The summed E-state index contributed by atoms with van der Waals surface area (Å²) in [4.78, 5) is 10.3. The van der Waals surface area contributed by atoms with Crippen LogP contribution in [0.4, 0.5) is 0 Å². The number of ether oxygens (including phenoxy) is 1. The Labute approximate surface area is 160 Å². The van der Waals surface area contributed by atoms with Gasteiger partial charge in [0.05, 0.1) is 6.10 Å². The molecule has 0 saturated carbocycles. The first-order valence-corrected chi connectivity index (χ1v) is 9.67. The predicted molar refractivity (Wildman–Crippen MR) is 107 cm³/mol. The number of aliphatic hydroxyl groups is 1. The van der Waals surface area contributed by atoms with E-state index in [4.69, 9.17) is 4.74 Å². The molecule has 3 heterocycles. The maximum atomic E-state index is 10.6. The van der Waals surface area contributed by atoms with E-state index in [2.05, 4.69) is 28.0 Å². The van der Waals surface area contributed by atoms with Crippen molar-refractivity contribution < 1.29 is 9.84 Å². The van der Waals surface area contributed by atoms with Gasteiger partial charge in [0.15, 0.2) is 0 Å². The van der Waals surface area contributed by atoms with E-state index in [0.717, 1.165) is 43.8 Å². The molecule has 3 aromatic rings. The predicted octanol–water partition coefficient (Wildman–Crippen LogP) is 3.62. The Hall–Kier alpha value is -2.21. The van der Waals surface area contributed by atoms with Crippen LogP contribution in [0.1, 0.15) is 41.7 Å². The molecule has 0 bridgehead atoms. The third kappa shape index (κ3) is 4.05. The van der Waals surface area contributed by atoms with Crippen LogP contribution in [-0.4, -0.2) is 46.8 Å². The minimum absolute atomic E-state index is 0.482. The second kappa shape index (κ2) is 8.21. The highest BCUT2D eigenvalue weighted by atomic mass is 16.5. The summed E-state index contributed by atoms with van der Waals surface area (Å²) in [5.74, 6) is 0.482. The van der Waals surface area contributed by atoms with Gasteiger partial charge in [0.1, 0.15) is 5.65 Å². The van der Waals surface area contributed by atoms with Crippen LogP contribution >= 0.6 is 0 Å². The lowest BCUT2D eigenvalue weighted by atomic mass is 9.93. The van der Waals surface area contributed by atoms with Crippen LogP contribution in [-0.2, 0) is 11.3 Å². The number of nitrogens with one attached hydrogen (secondary N) is 1. The first kappa shape index (κ1) is 18.2. The van der Waals surface area contributed by atoms with Gasteiger partial charge in [-0.1, -0.05) is 30.3 Å². The van der Waals surface area contributed by atoms with E-state index in [1.807, 2.05) is 42.6 Å². The number of likely N-dealkylation sites (N-methyl/N-ethyl adjacent to an activating group) is 1. The van der Waals surface area contributed by atoms with Crippen molar-refractivity contribution in [2.75, 3.05) is 26.8 Å². The highest BCUT2D eigenvalue weighted by Crippen LogP contribution is 2.33. The summed E-state index contributed by atoms with van der Waals surface area (Å²) >= 11 is 0. The number of fused-ring (bicyclic) bond motifs is 1. The van der Waals surface area contributed by atoms with Crippen molar-refractivity contribution in [1.29, 1.82) is 0 Å². The maximum Gasteiger partial charge on any atom is 0.137 e. The lowest BCUT2D eigenvalue weighted by Crippen LogP contribution is -2.25. The number of hydrogen-bond donors (Lipinski definition) is 2. The zero-order valence-corrected chi connectivity index (χ0v) is 15.8. The van der Waals surface area contributed by atoms with Gasteiger partial charge in [0.2, 0.25) is 0 Å². The second-order valence-electron chi connectivity index (χ2n) is 7.43. The highest BCUT2D eigenvalue weighted by Gasteiger charge is 2.24. The normalized spacial score (nSPS) is 16.9. The van der Waals surface area contributed by atoms with E-state index in [9.17, 15) is 5.11 Å². The lowest BCUT2D eigenvalue weighted by molar-refractivity contribution is 0.0841. The Bertz CT molecular complexity index is 872. The van der Waals surface area contributed by atoms with Crippen LogP contribution in [0.3, 0.4) is 0 Å². The van der Waals surface area contributed by atoms with Crippen molar-refractivity contribution in [2.24, 2.45) is 0 Å². The molecule has 5 nitrogen and oxygen atoms in total. The van der Waals surface area contributed by atoms with E-state index in [1.54, 1.807) is 0 Å². The molecule has 1 aromatic carbocycles. The number of aliphatic hydroxyl groups excluding tert-OH is 1. The van der Waals surface area contributed by atoms with Crippen LogP contribution in [0.15, 0.2) is 48.7 Å². The maximum absolute atomic E-state index is 10.6. The molecule has 142 valence electrons. The van der Waals surface area contributed by atoms with E-state index < -0.39 is 6.10 Å². The molecular weight excluding hydrogens is 338 g/mol. The van der Waals surface area contributed by atoms with Crippen LogP contribution in [0.25, 0.3) is 11.0 Å². The first-order chi connectivity index (χ1) is 13.2. The largest absolute Gasteiger partial charge is 0.387 e. The summed E-state index contributed by atoms with van der Waals surface area (Å²) < 4.78 is 5.54. The van der Waals surface area contributed by atoms with Crippen molar-refractivity contribution in [3.8, 4) is 0 Å². The van der Waals surface area contributed by atoms with Gasteiger partial charge in [-0.25, -0.2) is 4.98 Å². The molecule has 1 fully saturated rings. The van der Waals surface area contributed by atoms with E-state index in [0.29, 0.717) is 12.5 Å². The Balaban J connectivity index is 1.56. The average molecular weight is 365 g/mol. The first-order valence-electron chi connectivity index (χ1n) is 9.67. The molecule has 0 aliphatic carbocycles. The molecule has 4 rings (SSSR count). The van der Waals surface area contributed by atoms with E-state index in [1.165, 1.54) is 16.6 Å². The standard InChI is InChI=1S/C22H27N3O2/c1-25(15-20(26)16-6-3-2-4-7-16)14-19-18-8-5-11-23-22(18)24-21(19)17-9-12-27-13-10-17/h2-8,11,17,20,26H,9-10,12-15H2,1H3,(H,23,24)/t20-/m1/s1. The molecule has 0 spiro atoms. The minimum Gasteiger partial charge on any atom is -0.387 e. The third-order valence-electron chi connectivity index (χ3n) is 5.44. The van der Waals surface area contributed by atoms with E-state index >= 15 is 0 Å². The minimum atomic E-state index is -0.494. The van der Waals surface area contributed by atoms with Gasteiger partial charge < -0.3 is 14.8 Å². The average Bonchev–Trinajstić information content (AvgIpc) is 3.08. The third-order valence-corrected chi connectivity index (χ3v) is 5.44. The summed E-state index contributed by atoms with van der Waals surface area (Å²) in [6.07, 6.45) is 3.41. The molecule has 2 aromatic heterocycles. The summed E-state index contributed by atoms with van der Waals surface area (Å²) in [7, 11) is 2.06. The lowest BCUT2D eigenvalue weighted by Gasteiger charge is -2.25. The molecule has 1 aliphatic heterocycles. The summed E-state index contributed by atoms with van der Waals surface area (Å²) in [6.45, 7) is 3.00. The van der Waals surface area contributed by atoms with Crippen molar-refractivity contribution in [1.82, 2.24) is 14.9 Å². The number of nitrogens with zero attached hydrogens (tertiary/aromatic N) is 2. The van der Waals surface area contributed by atoms with Crippen molar-refractivity contribution >= 4 is 11.0 Å². The van der Waals surface area contributed by atoms with Crippen molar-refractivity contribution in [2.45, 2.75) is 31.4 Å². The number of hydrogen-bond acceptors (Lipinski definition) is 4. The Morgan fingerprint density at radius 3 is 2.74 bits per heavy atom. The number of aromatic nitrogens is 2. The number of rotatable bonds is 6. The fourth-order valence-corrected chi connectivity index (χ4v) is 4.01. The van der Waals surface area contributed by atoms with Gasteiger partial charge >= 0.3 is 0 Å². The quantitative estimate of drug-likeness (QED) is 0.700. The molecule has 2 N–H and O–H groups in total. The topological polar surface area (TPSA) is 61.4 Å².